The zero-order chi connectivity index (χ0) is 24.2. The fourth-order valence-electron chi connectivity index (χ4n) is 3.74. The van der Waals surface area contributed by atoms with E-state index >= 15 is 0 Å². The smallest absolute Gasteiger partial charge is 0.255 e. The van der Waals surface area contributed by atoms with E-state index in [-0.39, 0.29) is 18.2 Å². The van der Waals surface area contributed by atoms with Crippen molar-refractivity contribution in [2.75, 3.05) is 10.6 Å². The minimum absolute atomic E-state index is 0.151. The largest absolute Gasteiger partial charge is 0.324 e. The van der Waals surface area contributed by atoms with Crippen molar-refractivity contribution in [2.45, 2.75) is 27.2 Å². The summed E-state index contributed by atoms with van der Waals surface area (Å²) in [6.07, 6.45) is 0.151. The fraction of sp³-hybridized carbons (Fsp3) is 0.148. The average Bonchev–Trinajstić information content (AvgIpc) is 3.11. The molecule has 2 amide bonds. The second-order valence-electron chi connectivity index (χ2n) is 8.09. The summed E-state index contributed by atoms with van der Waals surface area (Å²) in [5.41, 5.74) is 5.93. The van der Waals surface area contributed by atoms with Crippen LogP contribution in [0.2, 0.25) is 5.02 Å². The van der Waals surface area contributed by atoms with Crippen molar-refractivity contribution < 1.29 is 9.59 Å². The van der Waals surface area contributed by atoms with Crippen molar-refractivity contribution >= 4 is 34.8 Å². The Morgan fingerprint density at radius 3 is 2.21 bits per heavy atom. The van der Waals surface area contributed by atoms with E-state index in [1.54, 1.807) is 47.1 Å². The molecule has 0 unspecified atom stereocenters. The van der Waals surface area contributed by atoms with Crippen LogP contribution in [0.25, 0.3) is 5.69 Å². The van der Waals surface area contributed by atoms with E-state index in [1.165, 1.54) is 0 Å². The maximum Gasteiger partial charge on any atom is 0.255 e. The van der Waals surface area contributed by atoms with Gasteiger partial charge in [0, 0.05) is 21.8 Å². The maximum atomic E-state index is 13.0. The van der Waals surface area contributed by atoms with Crippen LogP contribution in [0.3, 0.4) is 0 Å². The van der Waals surface area contributed by atoms with Gasteiger partial charge >= 0.3 is 0 Å². The quantitative estimate of drug-likeness (QED) is 0.367. The number of nitrogens with zero attached hydrogens (tertiary/aromatic N) is 2. The Morgan fingerprint density at radius 1 is 0.882 bits per heavy atom. The first-order valence-electron chi connectivity index (χ1n) is 10.9. The van der Waals surface area contributed by atoms with E-state index in [0.717, 1.165) is 28.2 Å². The van der Waals surface area contributed by atoms with Crippen LogP contribution in [-0.2, 0) is 11.2 Å². The molecule has 4 rings (SSSR count). The standard InChI is InChI=1S/C27H25ClN4O2/c1-17-13-14-21(15-23(17)28)32-19(3)22(18(2)31-32)16-26(33)29-24-11-7-8-12-25(24)30-27(34)20-9-5-4-6-10-20/h4-15H,16H2,1-3H3,(H,29,33)(H,30,34). The molecule has 0 spiro atoms. The lowest BCUT2D eigenvalue weighted by molar-refractivity contribution is -0.115. The molecule has 0 aliphatic rings. The molecule has 3 aromatic carbocycles. The number of carbonyl (C=O) groups excluding carboxylic acids is 2. The van der Waals surface area contributed by atoms with Crippen LogP contribution in [0.5, 0.6) is 0 Å². The van der Waals surface area contributed by atoms with E-state index in [2.05, 4.69) is 15.7 Å². The van der Waals surface area contributed by atoms with Gasteiger partial charge in [-0.3, -0.25) is 9.59 Å². The van der Waals surface area contributed by atoms with Crippen LogP contribution in [0, 0.1) is 20.8 Å². The molecule has 6 nitrogen and oxygen atoms in total. The number of aryl methyl sites for hydroxylation is 2. The molecule has 0 saturated heterocycles. The molecule has 1 heterocycles. The van der Waals surface area contributed by atoms with E-state index in [1.807, 2.05) is 51.1 Å². The van der Waals surface area contributed by atoms with Gasteiger partial charge in [0.05, 0.1) is 29.2 Å². The number of rotatable bonds is 6. The molecule has 172 valence electrons. The molecular weight excluding hydrogens is 448 g/mol. The van der Waals surface area contributed by atoms with Crippen LogP contribution in [0.1, 0.15) is 32.9 Å². The molecule has 0 bridgehead atoms. The Kier molecular flexibility index (Phi) is 6.80. The van der Waals surface area contributed by atoms with Gasteiger partial charge < -0.3 is 10.6 Å². The van der Waals surface area contributed by atoms with Gasteiger partial charge in [-0.25, -0.2) is 4.68 Å². The van der Waals surface area contributed by atoms with Crippen molar-refractivity contribution in [3.63, 3.8) is 0 Å². The van der Waals surface area contributed by atoms with E-state index in [4.69, 9.17) is 11.6 Å². The first kappa shape index (κ1) is 23.3. The molecule has 4 aromatic rings. The summed E-state index contributed by atoms with van der Waals surface area (Å²) >= 11 is 6.29. The maximum absolute atomic E-state index is 13.0. The number of amides is 2. The number of hydrogen-bond donors (Lipinski definition) is 2. The summed E-state index contributed by atoms with van der Waals surface area (Å²) in [5.74, 6) is -0.443. The lowest BCUT2D eigenvalue weighted by Crippen LogP contribution is -2.18. The first-order chi connectivity index (χ1) is 16.3. The number of anilines is 2. The van der Waals surface area contributed by atoms with E-state index in [9.17, 15) is 9.59 Å². The third kappa shape index (κ3) is 5.02. The van der Waals surface area contributed by atoms with E-state index in [0.29, 0.717) is 22.0 Å². The van der Waals surface area contributed by atoms with Gasteiger partial charge in [-0.2, -0.15) is 5.10 Å². The number of benzene rings is 3. The minimum Gasteiger partial charge on any atom is -0.324 e. The fourth-order valence-corrected chi connectivity index (χ4v) is 3.91. The van der Waals surface area contributed by atoms with Crippen LogP contribution in [-0.4, -0.2) is 21.6 Å². The van der Waals surface area contributed by atoms with Crippen molar-refractivity contribution in [2.24, 2.45) is 0 Å². The van der Waals surface area contributed by atoms with Gasteiger partial charge in [-0.15, -0.1) is 0 Å². The topological polar surface area (TPSA) is 76.0 Å². The SMILES string of the molecule is Cc1ccc(-n2nc(C)c(CC(=O)Nc3ccccc3NC(=O)c3ccccc3)c2C)cc1Cl. The number of nitrogens with one attached hydrogen (secondary N) is 2. The van der Waals surface area contributed by atoms with Crippen molar-refractivity contribution in [1.82, 2.24) is 9.78 Å². The highest BCUT2D eigenvalue weighted by Gasteiger charge is 2.18. The van der Waals surface area contributed by atoms with E-state index < -0.39 is 0 Å². The van der Waals surface area contributed by atoms with Gasteiger partial charge in [-0.05, 0) is 62.7 Å². The third-order valence-corrected chi connectivity index (χ3v) is 6.07. The highest BCUT2D eigenvalue weighted by atomic mass is 35.5. The molecule has 1 aromatic heterocycles. The minimum atomic E-state index is -0.243. The van der Waals surface area contributed by atoms with Gasteiger partial charge in [0.25, 0.3) is 5.91 Å². The Balaban J connectivity index is 1.51. The number of hydrogen-bond acceptors (Lipinski definition) is 3. The molecule has 0 radical (unpaired) electrons. The predicted octanol–water partition coefficient (Wildman–Crippen LogP) is 5.88. The zero-order valence-corrected chi connectivity index (χ0v) is 20.0. The van der Waals surface area contributed by atoms with Crippen molar-refractivity contribution in [1.29, 1.82) is 0 Å². The van der Waals surface area contributed by atoms with Gasteiger partial charge in [0.15, 0.2) is 0 Å². The first-order valence-corrected chi connectivity index (χ1v) is 11.3. The molecule has 0 aliphatic carbocycles. The normalized spacial score (nSPS) is 10.7. The van der Waals surface area contributed by atoms with Gasteiger partial charge in [0.2, 0.25) is 5.91 Å². The van der Waals surface area contributed by atoms with Crippen molar-refractivity contribution in [3.05, 3.63) is 106 Å². The molecule has 7 heteroatoms. The molecule has 34 heavy (non-hydrogen) atoms. The summed E-state index contributed by atoms with van der Waals surface area (Å²) in [6, 6.07) is 21.8. The van der Waals surface area contributed by atoms with Crippen LogP contribution < -0.4 is 10.6 Å². The number of aromatic nitrogens is 2. The van der Waals surface area contributed by atoms with Gasteiger partial charge in [0.1, 0.15) is 0 Å². The summed E-state index contributed by atoms with van der Waals surface area (Å²) in [4.78, 5) is 25.5. The van der Waals surface area contributed by atoms with Crippen LogP contribution in [0.15, 0.2) is 72.8 Å². The summed E-state index contributed by atoms with van der Waals surface area (Å²) in [7, 11) is 0. The average molecular weight is 473 g/mol. The molecular formula is C27H25ClN4O2. The predicted molar refractivity (Wildman–Crippen MR) is 136 cm³/mol. The molecule has 2 N–H and O–H groups in total. The zero-order valence-electron chi connectivity index (χ0n) is 19.2. The highest BCUT2D eigenvalue weighted by Crippen LogP contribution is 2.25. The monoisotopic (exact) mass is 472 g/mol. The Labute approximate surface area is 203 Å². The van der Waals surface area contributed by atoms with Crippen LogP contribution in [0.4, 0.5) is 11.4 Å². The summed E-state index contributed by atoms with van der Waals surface area (Å²) in [5, 5.41) is 11.1. The molecule has 0 aliphatic heterocycles. The van der Waals surface area contributed by atoms with Crippen LogP contribution >= 0.6 is 11.6 Å². The number of halogens is 1. The third-order valence-electron chi connectivity index (χ3n) is 5.66. The molecule has 0 atom stereocenters. The highest BCUT2D eigenvalue weighted by molar-refractivity contribution is 6.31. The van der Waals surface area contributed by atoms with Gasteiger partial charge in [-0.1, -0.05) is 48.0 Å². The lowest BCUT2D eigenvalue weighted by atomic mass is 10.1. The number of carbonyl (C=O) groups is 2. The number of para-hydroxylation sites is 2. The Morgan fingerprint density at radius 2 is 1.53 bits per heavy atom. The second kappa shape index (κ2) is 9.93. The molecule has 0 saturated carbocycles. The Bertz CT molecular complexity index is 1360. The second-order valence-corrected chi connectivity index (χ2v) is 8.49. The summed E-state index contributed by atoms with van der Waals surface area (Å²) < 4.78 is 1.80. The Hall–Kier alpha value is -3.90. The summed E-state index contributed by atoms with van der Waals surface area (Å²) in [6.45, 7) is 5.77. The molecule has 0 fully saturated rings. The lowest BCUT2D eigenvalue weighted by Gasteiger charge is -2.13. The van der Waals surface area contributed by atoms with Crippen molar-refractivity contribution in [3.8, 4) is 5.69 Å².